The number of carbonyl (C=O) groups is 6. The quantitative estimate of drug-likeness (QED) is 0.0207. The van der Waals surface area contributed by atoms with E-state index in [9.17, 15) is 37.1 Å². The Morgan fingerprint density at radius 3 is 1.50 bits per heavy atom. The summed E-state index contributed by atoms with van der Waals surface area (Å²) < 4.78 is 61.7. The Hall–Kier alpha value is -2.64. The first-order valence-corrected chi connectivity index (χ1v) is 19.0. The fourth-order valence-corrected chi connectivity index (χ4v) is 3.60. The number of hydrogen-bond donors (Lipinski definition) is 5. The van der Waals surface area contributed by atoms with Crippen molar-refractivity contribution >= 4 is 89.3 Å². The number of esters is 3. The fraction of sp³-hybridized carbons (Fsp3) is 0.781. The molecule has 0 fully saturated rings. The smallest absolute Gasteiger partial charge is 0.475 e. The SMILES string of the molecule is CC(C)(Br)C(=O)OCC(COCC(=O)NCCOCCOCCCC(=O)C(N)CN=C(N)N)(COC(=O)C(C)(C)Br)COC(=O)C(C)(C)Br.O=C(O)C(F)(F)F. The molecule has 0 radical (unpaired) electrons. The van der Waals surface area contributed by atoms with Crippen molar-refractivity contribution in [3.8, 4) is 0 Å². The number of carboxylic acid groups (broad SMARTS) is 1. The molecule has 24 heteroatoms. The number of carboxylic acids is 1. The maximum atomic E-state index is 12.6. The second-order valence-corrected chi connectivity index (χ2v) is 19.4. The molecule has 1 amide bonds. The lowest BCUT2D eigenvalue weighted by atomic mass is 9.92. The van der Waals surface area contributed by atoms with Gasteiger partial charge in [0.05, 0.1) is 44.4 Å². The molecule has 56 heavy (non-hydrogen) atoms. The molecule has 0 saturated carbocycles. The zero-order valence-corrected chi connectivity index (χ0v) is 36.8. The molecule has 0 bridgehead atoms. The third-order valence-electron chi connectivity index (χ3n) is 6.41. The largest absolute Gasteiger partial charge is 0.490 e. The van der Waals surface area contributed by atoms with Gasteiger partial charge >= 0.3 is 30.1 Å². The van der Waals surface area contributed by atoms with Gasteiger partial charge in [-0.05, 0) is 48.0 Å². The van der Waals surface area contributed by atoms with Gasteiger partial charge in [0.1, 0.15) is 39.4 Å². The van der Waals surface area contributed by atoms with Gasteiger partial charge in [-0.15, -0.1) is 0 Å². The molecule has 0 rings (SSSR count). The van der Waals surface area contributed by atoms with Crippen LogP contribution in [-0.4, -0.2) is 144 Å². The molecule has 18 nitrogen and oxygen atoms in total. The Labute approximate surface area is 348 Å². The summed E-state index contributed by atoms with van der Waals surface area (Å²) in [7, 11) is 0. The van der Waals surface area contributed by atoms with Crippen LogP contribution in [-0.2, 0) is 57.2 Å². The average molecular weight is 1010 g/mol. The highest BCUT2D eigenvalue weighted by atomic mass is 79.9. The molecule has 1 atom stereocenters. The van der Waals surface area contributed by atoms with E-state index in [-0.39, 0.29) is 77.5 Å². The maximum Gasteiger partial charge on any atom is 0.490 e. The van der Waals surface area contributed by atoms with E-state index in [1.54, 1.807) is 41.5 Å². The topological polar surface area (TPSA) is 280 Å². The Morgan fingerprint density at radius 1 is 0.714 bits per heavy atom. The van der Waals surface area contributed by atoms with Gasteiger partial charge in [-0.1, -0.05) is 47.8 Å². The number of amides is 1. The molecule has 0 spiro atoms. The van der Waals surface area contributed by atoms with Gasteiger partial charge in [0.2, 0.25) is 5.91 Å². The number of carbonyl (C=O) groups excluding carboxylic acids is 5. The predicted molar refractivity (Wildman–Crippen MR) is 206 cm³/mol. The number of ketones is 1. The third kappa shape index (κ3) is 27.9. The minimum absolute atomic E-state index is 0.0351. The van der Waals surface area contributed by atoms with Gasteiger partial charge < -0.3 is 56.0 Å². The number of nitrogens with one attached hydrogen (secondary N) is 1. The number of aliphatic imine (C=N–C) groups is 1. The summed E-state index contributed by atoms with van der Waals surface area (Å²) in [6.07, 6.45) is -4.37. The standard InChI is InChI=1S/C30H52Br3N5O11.C2HF3O2/c1-27(2,31)23(41)47-17-30(18-48-24(42)28(3,4)32,19-49-25(43)29(5,6)33)16-46-15-22(40)37-9-11-45-13-12-44-10-7-8-21(39)20(34)14-38-26(35)36;3-2(4,5)1(6)7/h20H,7-19,34H2,1-6H3,(H,37,40)(H4,35,36,38);(H,6,7). The summed E-state index contributed by atoms with van der Waals surface area (Å²) in [5.74, 6) is -5.36. The summed E-state index contributed by atoms with van der Waals surface area (Å²) in [6.45, 7) is 9.16. The molecular formula is C32H53Br3F3N5O13. The summed E-state index contributed by atoms with van der Waals surface area (Å²) in [6, 6.07) is -0.766. The van der Waals surface area contributed by atoms with Crippen LogP contribution in [0.25, 0.3) is 0 Å². The third-order valence-corrected chi connectivity index (χ3v) is 7.38. The summed E-state index contributed by atoms with van der Waals surface area (Å²) >= 11 is 9.74. The number of alkyl halides is 6. The molecule has 0 aromatic heterocycles. The van der Waals surface area contributed by atoms with Crippen molar-refractivity contribution in [2.75, 3.05) is 72.6 Å². The van der Waals surface area contributed by atoms with E-state index in [0.29, 0.717) is 13.0 Å². The maximum absolute atomic E-state index is 12.6. The van der Waals surface area contributed by atoms with Crippen LogP contribution < -0.4 is 22.5 Å². The number of ether oxygens (including phenoxy) is 6. The van der Waals surface area contributed by atoms with Crippen LogP contribution in [0.1, 0.15) is 54.4 Å². The van der Waals surface area contributed by atoms with Crippen molar-refractivity contribution in [1.29, 1.82) is 0 Å². The minimum Gasteiger partial charge on any atom is -0.475 e. The van der Waals surface area contributed by atoms with Crippen LogP contribution in [0.15, 0.2) is 4.99 Å². The molecule has 0 aliphatic heterocycles. The van der Waals surface area contributed by atoms with Gasteiger partial charge in [0, 0.05) is 19.6 Å². The first-order chi connectivity index (χ1) is 25.4. The Morgan fingerprint density at radius 2 is 1.12 bits per heavy atom. The van der Waals surface area contributed by atoms with E-state index in [1.165, 1.54) is 0 Å². The number of aliphatic carboxylic acids is 1. The Kier molecular flexibility index (Phi) is 26.1. The second-order valence-electron chi connectivity index (χ2n) is 13.5. The molecule has 0 aromatic rings. The van der Waals surface area contributed by atoms with Crippen LogP contribution in [0.4, 0.5) is 13.2 Å². The second kappa shape index (κ2) is 26.4. The lowest BCUT2D eigenvalue weighted by Gasteiger charge is -2.34. The van der Waals surface area contributed by atoms with E-state index in [0.717, 1.165) is 0 Å². The summed E-state index contributed by atoms with van der Waals surface area (Å²) in [5.41, 5.74) is 14.8. The molecule has 0 saturated heterocycles. The highest BCUT2D eigenvalue weighted by Gasteiger charge is 2.41. The number of Topliss-reactive ketones (excluding diaryl/α,β-unsaturated/α-hetero) is 1. The van der Waals surface area contributed by atoms with E-state index < -0.39 is 67.0 Å². The molecule has 0 aliphatic carbocycles. The van der Waals surface area contributed by atoms with Crippen LogP contribution in [0.2, 0.25) is 0 Å². The van der Waals surface area contributed by atoms with Gasteiger partial charge in [0.15, 0.2) is 11.7 Å². The molecule has 0 heterocycles. The number of hydrogen-bond acceptors (Lipinski definition) is 14. The number of rotatable bonds is 26. The monoisotopic (exact) mass is 1010 g/mol. The van der Waals surface area contributed by atoms with Crippen molar-refractivity contribution in [3.05, 3.63) is 0 Å². The highest BCUT2D eigenvalue weighted by molar-refractivity contribution is 9.10. The Bertz CT molecular complexity index is 1230. The van der Waals surface area contributed by atoms with E-state index >= 15 is 0 Å². The van der Waals surface area contributed by atoms with Crippen LogP contribution in [0.3, 0.4) is 0 Å². The zero-order chi connectivity index (χ0) is 44.0. The predicted octanol–water partition coefficient (Wildman–Crippen LogP) is 1.87. The van der Waals surface area contributed by atoms with Crippen LogP contribution >= 0.6 is 47.8 Å². The summed E-state index contributed by atoms with van der Waals surface area (Å²) in [4.78, 5) is 74.8. The number of nitrogens with two attached hydrogens (primary N) is 3. The van der Waals surface area contributed by atoms with Gasteiger partial charge in [-0.2, -0.15) is 13.2 Å². The lowest BCUT2D eigenvalue weighted by Crippen LogP contribution is -2.47. The highest BCUT2D eigenvalue weighted by Crippen LogP contribution is 2.28. The normalized spacial score (nSPS) is 12.7. The van der Waals surface area contributed by atoms with Crippen molar-refractivity contribution in [2.45, 2.75) is 79.6 Å². The van der Waals surface area contributed by atoms with Crippen molar-refractivity contribution in [3.63, 3.8) is 0 Å². The number of guanidine groups is 1. The molecule has 0 aliphatic rings. The van der Waals surface area contributed by atoms with Gasteiger partial charge in [-0.3, -0.25) is 29.0 Å². The minimum atomic E-state index is -5.08. The van der Waals surface area contributed by atoms with Crippen molar-refractivity contribution in [2.24, 2.45) is 27.6 Å². The van der Waals surface area contributed by atoms with Gasteiger partial charge in [0.25, 0.3) is 0 Å². The van der Waals surface area contributed by atoms with Crippen molar-refractivity contribution in [1.82, 2.24) is 5.32 Å². The molecule has 0 aromatic carbocycles. The molecule has 8 N–H and O–H groups in total. The molecule has 326 valence electrons. The zero-order valence-electron chi connectivity index (χ0n) is 32.1. The Balaban J connectivity index is 0. The van der Waals surface area contributed by atoms with E-state index in [1.807, 2.05) is 0 Å². The van der Waals surface area contributed by atoms with E-state index in [2.05, 4.69) is 58.1 Å². The summed E-state index contributed by atoms with van der Waals surface area (Å²) in [5, 5.41) is 9.78. The number of halogens is 6. The van der Waals surface area contributed by atoms with E-state index in [4.69, 9.17) is 55.5 Å². The lowest BCUT2D eigenvalue weighted by molar-refractivity contribution is -0.192. The molecule has 1 unspecified atom stereocenters. The first-order valence-electron chi connectivity index (χ1n) is 16.7. The first kappa shape index (κ1) is 55.5. The van der Waals surface area contributed by atoms with Crippen LogP contribution in [0, 0.1) is 5.41 Å². The fourth-order valence-electron chi connectivity index (χ4n) is 3.26. The average Bonchev–Trinajstić information content (AvgIpc) is 3.06. The molecular weight excluding hydrogens is 959 g/mol. The number of nitrogens with zero attached hydrogens (tertiary/aromatic N) is 1. The van der Waals surface area contributed by atoms with Crippen LogP contribution in [0.5, 0.6) is 0 Å². The van der Waals surface area contributed by atoms with Gasteiger partial charge in [-0.25, -0.2) is 4.79 Å². The van der Waals surface area contributed by atoms with Crippen molar-refractivity contribution < 1.29 is 75.5 Å².